The van der Waals surface area contributed by atoms with Crippen LogP contribution < -0.4 is 4.74 Å². The Bertz CT molecular complexity index is 777. The Hall–Kier alpha value is -2.36. The summed E-state index contributed by atoms with van der Waals surface area (Å²) in [7, 11) is 1.66. The summed E-state index contributed by atoms with van der Waals surface area (Å²) >= 11 is 0. The number of hydrogen-bond acceptors (Lipinski definition) is 3. The first-order valence-corrected chi connectivity index (χ1v) is 7.21. The maximum atomic E-state index is 5.24. The molecule has 1 N–H and O–H groups in total. The van der Waals surface area contributed by atoms with Gasteiger partial charge in [0.1, 0.15) is 11.4 Å². The maximum Gasteiger partial charge on any atom is 0.157 e. The Morgan fingerprint density at radius 1 is 1.14 bits per heavy atom. The third-order valence-corrected chi connectivity index (χ3v) is 3.48. The Balaban J connectivity index is 2.07. The minimum Gasteiger partial charge on any atom is -0.497 e. The van der Waals surface area contributed by atoms with Gasteiger partial charge in [0.2, 0.25) is 0 Å². The van der Waals surface area contributed by atoms with Gasteiger partial charge in [-0.1, -0.05) is 13.3 Å². The molecule has 0 atom stereocenters. The number of nitrogens with one attached hydrogen (secondary N) is 1. The van der Waals surface area contributed by atoms with Crippen molar-refractivity contribution < 1.29 is 4.74 Å². The number of aromatic nitrogens is 3. The van der Waals surface area contributed by atoms with E-state index in [9.17, 15) is 0 Å². The van der Waals surface area contributed by atoms with Crippen LogP contribution in [-0.4, -0.2) is 22.1 Å². The molecule has 0 aliphatic heterocycles. The second-order valence-electron chi connectivity index (χ2n) is 5.22. The summed E-state index contributed by atoms with van der Waals surface area (Å²) < 4.78 is 5.24. The predicted molar refractivity (Wildman–Crippen MR) is 84.6 cm³/mol. The van der Waals surface area contributed by atoms with Crippen molar-refractivity contribution in [1.82, 2.24) is 15.0 Å². The van der Waals surface area contributed by atoms with E-state index in [-0.39, 0.29) is 0 Å². The van der Waals surface area contributed by atoms with Gasteiger partial charge in [-0.2, -0.15) is 0 Å². The van der Waals surface area contributed by atoms with Crippen LogP contribution in [0.3, 0.4) is 0 Å². The van der Waals surface area contributed by atoms with Crippen LogP contribution in [0.2, 0.25) is 0 Å². The molecule has 4 heteroatoms. The van der Waals surface area contributed by atoms with E-state index in [4.69, 9.17) is 4.74 Å². The lowest BCUT2D eigenvalue weighted by Gasteiger charge is -2.03. The van der Waals surface area contributed by atoms with Crippen LogP contribution in [0.5, 0.6) is 5.75 Å². The molecule has 108 valence electrons. The quantitative estimate of drug-likeness (QED) is 0.789. The minimum atomic E-state index is 0.805. The zero-order chi connectivity index (χ0) is 14.8. The largest absolute Gasteiger partial charge is 0.497 e. The highest BCUT2D eigenvalue weighted by atomic mass is 16.5. The number of fused-ring (bicyclic) bond motifs is 1. The topological polar surface area (TPSA) is 50.8 Å². The number of benzene rings is 1. The number of methoxy groups -OCH3 is 1. The lowest BCUT2D eigenvalue weighted by Crippen LogP contribution is -1.93. The number of aromatic amines is 1. The highest BCUT2D eigenvalue weighted by Crippen LogP contribution is 2.23. The molecule has 3 rings (SSSR count). The first-order valence-electron chi connectivity index (χ1n) is 7.21. The van der Waals surface area contributed by atoms with Gasteiger partial charge < -0.3 is 9.72 Å². The van der Waals surface area contributed by atoms with Crippen molar-refractivity contribution in [3.63, 3.8) is 0 Å². The van der Waals surface area contributed by atoms with E-state index in [1.54, 1.807) is 7.11 Å². The fraction of sp³-hybridized carbons (Fsp3) is 0.294. The fourth-order valence-corrected chi connectivity index (χ4v) is 2.53. The van der Waals surface area contributed by atoms with Crippen molar-refractivity contribution in [2.45, 2.75) is 26.7 Å². The standard InChI is InChI=1S/C17H19N3O/c1-4-5-12-8-11(2)18-16(9-12)17-19-14-7-6-13(21-3)10-15(14)20-17/h6-10H,4-5H2,1-3H3,(H,19,20). The minimum absolute atomic E-state index is 0.805. The molecule has 0 saturated carbocycles. The second-order valence-corrected chi connectivity index (χ2v) is 5.22. The molecule has 2 heterocycles. The number of H-pyrrole nitrogens is 1. The molecule has 4 nitrogen and oxygen atoms in total. The highest BCUT2D eigenvalue weighted by Gasteiger charge is 2.09. The van der Waals surface area contributed by atoms with Gasteiger partial charge in [-0.05, 0) is 43.2 Å². The van der Waals surface area contributed by atoms with Gasteiger partial charge in [-0.25, -0.2) is 9.97 Å². The van der Waals surface area contributed by atoms with Gasteiger partial charge in [0.05, 0.1) is 18.1 Å². The number of rotatable bonds is 4. The van der Waals surface area contributed by atoms with Crippen molar-refractivity contribution in [2.24, 2.45) is 0 Å². The number of ether oxygens (including phenoxy) is 1. The third kappa shape index (κ3) is 2.75. The lowest BCUT2D eigenvalue weighted by atomic mass is 10.1. The summed E-state index contributed by atoms with van der Waals surface area (Å²) in [5, 5.41) is 0. The zero-order valence-corrected chi connectivity index (χ0v) is 12.6. The van der Waals surface area contributed by atoms with Gasteiger partial charge in [-0.15, -0.1) is 0 Å². The summed E-state index contributed by atoms with van der Waals surface area (Å²) in [4.78, 5) is 12.6. The first kappa shape index (κ1) is 13.6. The van der Waals surface area contributed by atoms with E-state index in [0.717, 1.165) is 46.8 Å². The summed E-state index contributed by atoms with van der Waals surface area (Å²) in [5.74, 6) is 1.63. The lowest BCUT2D eigenvalue weighted by molar-refractivity contribution is 0.415. The molecule has 21 heavy (non-hydrogen) atoms. The number of hydrogen-bond donors (Lipinski definition) is 1. The first-order chi connectivity index (χ1) is 10.2. The summed E-state index contributed by atoms with van der Waals surface area (Å²) in [6.45, 7) is 4.21. The van der Waals surface area contributed by atoms with E-state index < -0.39 is 0 Å². The monoisotopic (exact) mass is 281 g/mol. The van der Waals surface area contributed by atoms with Crippen LogP contribution in [0.15, 0.2) is 30.3 Å². The van der Waals surface area contributed by atoms with Crippen LogP contribution >= 0.6 is 0 Å². The molecule has 0 amide bonds. The molecule has 0 radical (unpaired) electrons. The van der Waals surface area contributed by atoms with E-state index in [0.29, 0.717) is 0 Å². The van der Waals surface area contributed by atoms with Gasteiger partial charge in [0.15, 0.2) is 5.82 Å². The summed E-state index contributed by atoms with van der Waals surface area (Å²) in [6.07, 6.45) is 2.19. The molecule has 3 aromatic rings. The van der Waals surface area contributed by atoms with Crippen LogP contribution in [0.1, 0.15) is 24.6 Å². The molecule has 0 unspecified atom stereocenters. The van der Waals surface area contributed by atoms with Crippen LogP contribution in [0, 0.1) is 6.92 Å². The van der Waals surface area contributed by atoms with Crippen LogP contribution in [0.4, 0.5) is 0 Å². The molecule has 1 aromatic carbocycles. The van der Waals surface area contributed by atoms with E-state index in [2.05, 4.69) is 34.0 Å². The average Bonchev–Trinajstić information content (AvgIpc) is 2.89. The molecule has 0 fully saturated rings. The molecular formula is C17H19N3O. The number of pyridine rings is 1. The average molecular weight is 281 g/mol. The van der Waals surface area contributed by atoms with Gasteiger partial charge in [0.25, 0.3) is 0 Å². The maximum absolute atomic E-state index is 5.24. The molecular weight excluding hydrogens is 262 g/mol. The highest BCUT2D eigenvalue weighted by molar-refractivity contribution is 5.80. The van der Waals surface area contributed by atoms with Crippen LogP contribution in [0.25, 0.3) is 22.6 Å². The Labute approximate surface area is 124 Å². The Kier molecular flexibility index (Phi) is 3.60. The molecule has 0 bridgehead atoms. The van der Waals surface area contributed by atoms with Crippen LogP contribution in [-0.2, 0) is 6.42 Å². The SMILES string of the molecule is CCCc1cc(C)nc(-c2nc3ccc(OC)cc3[nH]2)c1. The Morgan fingerprint density at radius 2 is 2.00 bits per heavy atom. The summed E-state index contributed by atoms with van der Waals surface area (Å²) in [5.41, 5.74) is 5.11. The number of nitrogens with zero attached hydrogens (tertiary/aromatic N) is 2. The zero-order valence-electron chi connectivity index (χ0n) is 12.6. The third-order valence-electron chi connectivity index (χ3n) is 3.48. The molecule has 0 saturated heterocycles. The van der Waals surface area contributed by atoms with E-state index in [1.165, 1.54) is 5.56 Å². The normalized spacial score (nSPS) is 11.0. The van der Waals surface area contributed by atoms with Gasteiger partial charge >= 0.3 is 0 Å². The molecule has 0 spiro atoms. The summed E-state index contributed by atoms with van der Waals surface area (Å²) in [6, 6.07) is 10.1. The van der Waals surface area contributed by atoms with E-state index >= 15 is 0 Å². The Morgan fingerprint density at radius 3 is 2.76 bits per heavy atom. The van der Waals surface area contributed by atoms with Crippen molar-refractivity contribution in [3.8, 4) is 17.3 Å². The van der Waals surface area contributed by atoms with Crippen molar-refractivity contribution in [2.75, 3.05) is 7.11 Å². The fourth-order valence-electron chi connectivity index (χ4n) is 2.53. The number of aryl methyl sites for hydroxylation is 2. The smallest absolute Gasteiger partial charge is 0.157 e. The second kappa shape index (κ2) is 5.56. The van der Waals surface area contributed by atoms with Crippen molar-refractivity contribution in [3.05, 3.63) is 41.6 Å². The van der Waals surface area contributed by atoms with Gasteiger partial charge in [0, 0.05) is 11.8 Å². The predicted octanol–water partition coefficient (Wildman–Crippen LogP) is 3.89. The van der Waals surface area contributed by atoms with Gasteiger partial charge in [-0.3, -0.25) is 0 Å². The van der Waals surface area contributed by atoms with Crippen molar-refractivity contribution >= 4 is 11.0 Å². The van der Waals surface area contributed by atoms with Crippen molar-refractivity contribution in [1.29, 1.82) is 0 Å². The van der Waals surface area contributed by atoms with E-state index in [1.807, 2.05) is 25.1 Å². The molecule has 0 aliphatic carbocycles. The molecule has 2 aromatic heterocycles. The number of imidazole rings is 1. The molecule has 0 aliphatic rings.